The highest BCUT2D eigenvalue weighted by Crippen LogP contribution is 2.36. The SMILES string of the molecule is FC(F)(F)c1ccccc1[C@@H]1[NH2+]Cc2ccccc2-n2cccc21. The molecule has 0 amide bonds. The number of fused-ring (bicyclic) bond motifs is 3. The predicted molar refractivity (Wildman–Crippen MR) is 84.7 cm³/mol. The molecular weight excluding hydrogens is 313 g/mol. The van der Waals surface area contributed by atoms with Crippen molar-refractivity contribution in [1.82, 2.24) is 4.57 Å². The van der Waals surface area contributed by atoms with Crippen LogP contribution in [0, 0.1) is 0 Å². The molecule has 3 aromatic rings. The molecule has 1 aliphatic rings. The maximum absolute atomic E-state index is 13.4. The third kappa shape index (κ3) is 2.41. The van der Waals surface area contributed by atoms with E-state index in [0.29, 0.717) is 12.1 Å². The summed E-state index contributed by atoms with van der Waals surface area (Å²) < 4.78 is 42.3. The molecule has 0 radical (unpaired) electrons. The number of halogens is 3. The van der Waals surface area contributed by atoms with Crippen molar-refractivity contribution in [3.05, 3.63) is 89.2 Å². The number of benzene rings is 2. The number of nitrogens with two attached hydrogens (primary N) is 1. The fraction of sp³-hybridized carbons (Fsp3) is 0.158. The molecule has 24 heavy (non-hydrogen) atoms. The molecular formula is C19H16F3N2+. The van der Waals surface area contributed by atoms with Gasteiger partial charge in [-0.3, -0.25) is 0 Å². The lowest BCUT2D eigenvalue weighted by Crippen LogP contribution is -2.83. The number of nitrogens with zero attached hydrogens (tertiary/aromatic N) is 1. The van der Waals surface area contributed by atoms with Crippen LogP contribution in [0.15, 0.2) is 66.9 Å². The standard InChI is InChI=1S/C19H15F3N2/c20-19(21,22)15-8-3-2-7-14(15)18-17-10-5-11-24(17)16-9-4-1-6-13(16)12-23-18/h1-11,18,23H,12H2/p+1/t18-/m0/s1. The molecule has 1 aromatic heterocycles. The van der Waals surface area contributed by atoms with Crippen molar-refractivity contribution in [2.24, 2.45) is 0 Å². The zero-order valence-corrected chi connectivity index (χ0v) is 12.8. The summed E-state index contributed by atoms with van der Waals surface area (Å²) in [6.45, 7) is 0.634. The Balaban J connectivity index is 1.89. The Labute approximate surface area is 137 Å². The smallest absolute Gasteiger partial charge is 0.331 e. The Morgan fingerprint density at radius 3 is 2.50 bits per heavy atom. The van der Waals surface area contributed by atoms with E-state index in [1.807, 2.05) is 52.5 Å². The van der Waals surface area contributed by atoms with E-state index < -0.39 is 17.8 Å². The molecule has 0 unspecified atom stereocenters. The second-order valence-corrected chi connectivity index (χ2v) is 5.93. The molecule has 5 heteroatoms. The Morgan fingerprint density at radius 2 is 1.67 bits per heavy atom. The molecule has 0 bridgehead atoms. The topological polar surface area (TPSA) is 21.5 Å². The van der Waals surface area contributed by atoms with E-state index in [2.05, 4.69) is 0 Å². The lowest BCUT2D eigenvalue weighted by Gasteiger charge is -2.19. The summed E-state index contributed by atoms with van der Waals surface area (Å²) in [5.41, 5.74) is 2.74. The third-order valence-electron chi connectivity index (χ3n) is 4.52. The molecule has 0 saturated carbocycles. The molecule has 0 saturated heterocycles. The Hall–Kier alpha value is -2.53. The van der Waals surface area contributed by atoms with Crippen LogP contribution in [0.3, 0.4) is 0 Å². The molecule has 0 fully saturated rings. The van der Waals surface area contributed by atoms with Crippen molar-refractivity contribution >= 4 is 0 Å². The van der Waals surface area contributed by atoms with Crippen LogP contribution < -0.4 is 5.32 Å². The van der Waals surface area contributed by atoms with E-state index in [1.165, 1.54) is 6.07 Å². The highest BCUT2D eigenvalue weighted by Gasteiger charge is 2.37. The summed E-state index contributed by atoms with van der Waals surface area (Å²) in [6.07, 6.45) is -2.45. The molecule has 1 aliphatic heterocycles. The summed E-state index contributed by atoms with van der Waals surface area (Å²) in [5.74, 6) is 0. The van der Waals surface area contributed by atoms with Gasteiger partial charge in [0.1, 0.15) is 6.54 Å². The van der Waals surface area contributed by atoms with Gasteiger partial charge < -0.3 is 9.88 Å². The fourth-order valence-corrected chi connectivity index (χ4v) is 3.46. The minimum atomic E-state index is -4.36. The van der Waals surface area contributed by atoms with Crippen LogP contribution in [0.1, 0.15) is 28.4 Å². The first-order valence-corrected chi connectivity index (χ1v) is 7.80. The first-order chi connectivity index (χ1) is 11.6. The van der Waals surface area contributed by atoms with E-state index in [0.717, 1.165) is 23.0 Å². The lowest BCUT2D eigenvalue weighted by molar-refractivity contribution is -0.702. The van der Waals surface area contributed by atoms with Gasteiger partial charge in [0.25, 0.3) is 0 Å². The van der Waals surface area contributed by atoms with Gasteiger partial charge in [0.05, 0.1) is 16.9 Å². The van der Waals surface area contributed by atoms with Crippen molar-refractivity contribution in [3.63, 3.8) is 0 Å². The van der Waals surface area contributed by atoms with Gasteiger partial charge in [-0.15, -0.1) is 0 Å². The summed E-state index contributed by atoms with van der Waals surface area (Å²) in [4.78, 5) is 0. The number of alkyl halides is 3. The van der Waals surface area contributed by atoms with E-state index >= 15 is 0 Å². The maximum Gasteiger partial charge on any atom is 0.416 e. The molecule has 2 aromatic carbocycles. The zero-order chi connectivity index (χ0) is 16.7. The quantitative estimate of drug-likeness (QED) is 0.704. The number of hydrogen-bond donors (Lipinski definition) is 1. The Kier molecular flexibility index (Phi) is 3.46. The minimum Gasteiger partial charge on any atom is -0.331 e. The van der Waals surface area contributed by atoms with Gasteiger partial charge in [-0.1, -0.05) is 36.4 Å². The van der Waals surface area contributed by atoms with Gasteiger partial charge in [-0.25, -0.2) is 0 Å². The molecule has 4 rings (SSSR count). The number of hydrogen-bond acceptors (Lipinski definition) is 0. The molecule has 2 N–H and O–H groups in total. The van der Waals surface area contributed by atoms with E-state index in [-0.39, 0.29) is 0 Å². The van der Waals surface area contributed by atoms with Crippen molar-refractivity contribution in [3.8, 4) is 5.69 Å². The molecule has 2 heterocycles. The largest absolute Gasteiger partial charge is 0.416 e. The van der Waals surface area contributed by atoms with Crippen LogP contribution >= 0.6 is 0 Å². The second-order valence-electron chi connectivity index (χ2n) is 5.93. The van der Waals surface area contributed by atoms with Crippen molar-refractivity contribution in [2.75, 3.05) is 0 Å². The summed E-state index contributed by atoms with van der Waals surface area (Å²) in [7, 11) is 0. The normalized spacial score (nSPS) is 17.0. The van der Waals surface area contributed by atoms with Crippen molar-refractivity contribution < 1.29 is 18.5 Å². The zero-order valence-electron chi connectivity index (χ0n) is 12.8. The van der Waals surface area contributed by atoms with Crippen LogP contribution in [0.5, 0.6) is 0 Å². The van der Waals surface area contributed by atoms with Crippen molar-refractivity contribution in [1.29, 1.82) is 0 Å². The van der Waals surface area contributed by atoms with Crippen LogP contribution in [-0.2, 0) is 12.7 Å². The molecule has 122 valence electrons. The van der Waals surface area contributed by atoms with Gasteiger partial charge in [0.2, 0.25) is 0 Å². The van der Waals surface area contributed by atoms with Gasteiger partial charge >= 0.3 is 6.18 Å². The fourth-order valence-electron chi connectivity index (χ4n) is 3.46. The molecule has 0 aliphatic carbocycles. The highest BCUT2D eigenvalue weighted by atomic mass is 19.4. The Morgan fingerprint density at radius 1 is 0.917 bits per heavy atom. The maximum atomic E-state index is 13.4. The van der Waals surface area contributed by atoms with Gasteiger partial charge in [-0.2, -0.15) is 13.2 Å². The van der Waals surface area contributed by atoms with Crippen molar-refractivity contribution in [2.45, 2.75) is 18.8 Å². The highest BCUT2D eigenvalue weighted by molar-refractivity contribution is 5.46. The first-order valence-electron chi connectivity index (χ1n) is 7.80. The number of para-hydroxylation sites is 1. The van der Waals surface area contributed by atoms with Gasteiger partial charge in [-0.05, 0) is 24.3 Å². The summed E-state index contributed by atoms with van der Waals surface area (Å²) in [6, 6.07) is 17.2. The average Bonchev–Trinajstić information content (AvgIpc) is 2.99. The molecule has 1 atom stereocenters. The van der Waals surface area contributed by atoms with Gasteiger partial charge in [0, 0.05) is 17.3 Å². The average molecular weight is 329 g/mol. The lowest BCUT2D eigenvalue weighted by atomic mass is 9.97. The summed E-state index contributed by atoms with van der Waals surface area (Å²) in [5, 5.41) is 1.97. The first kappa shape index (κ1) is 15.0. The predicted octanol–water partition coefficient (Wildman–Crippen LogP) is 3.66. The number of rotatable bonds is 1. The van der Waals surface area contributed by atoms with E-state index in [9.17, 15) is 13.2 Å². The van der Waals surface area contributed by atoms with E-state index in [1.54, 1.807) is 12.1 Å². The minimum absolute atomic E-state index is 0.303. The number of quaternary nitrogens is 1. The molecule has 0 spiro atoms. The summed E-state index contributed by atoms with van der Waals surface area (Å²) >= 11 is 0. The third-order valence-corrected chi connectivity index (χ3v) is 4.52. The number of aromatic nitrogens is 1. The van der Waals surface area contributed by atoms with E-state index in [4.69, 9.17) is 0 Å². The van der Waals surface area contributed by atoms with Crippen LogP contribution in [-0.4, -0.2) is 4.57 Å². The monoisotopic (exact) mass is 329 g/mol. The Bertz CT molecular complexity index is 880. The second kappa shape index (κ2) is 5.53. The van der Waals surface area contributed by atoms with Gasteiger partial charge in [0.15, 0.2) is 6.04 Å². The van der Waals surface area contributed by atoms with Crippen LogP contribution in [0.2, 0.25) is 0 Å². The molecule has 2 nitrogen and oxygen atoms in total. The van der Waals surface area contributed by atoms with Crippen LogP contribution in [0.4, 0.5) is 13.2 Å². The van der Waals surface area contributed by atoms with Crippen LogP contribution in [0.25, 0.3) is 5.69 Å².